The van der Waals surface area contributed by atoms with Gasteiger partial charge in [0.25, 0.3) is 0 Å². The largest absolute Gasteiger partial charge is 0.391 e. The smallest absolute Gasteiger partial charge is 0.235 e. The van der Waals surface area contributed by atoms with E-state index in [9.17, 15) is 9.90 Å². The number of β-amino-alcohol motifs (C(OH)–C–C–N with tert-alkyl or cyclic N) is 1. The molecule has 0 spiro atoms. The van der Waals surface area contributed by atoms with Crippen LogP contribution in [-0.2, 0) is 4.79 Å². The summed E-state index contributed by atoms with van der Waals surface area (Å²) in [6, 6.07) is 1.78. The number of hydrogen-bond acceptors (Lipinski definition) is 5. The van der Waals surface area contributed by atoms with Crippen molar-refractivity contribution in [2.24, 2.45) is 11.7 Å². The average molecular weight is 267 g/mol. The van der Waals surface area contributed by atoms with Gasteiger partial charge >= 0.3 is 0 Å². The quantitative estimate of drug-likeness (QED) is 0.836. The highest BCUT2D eigenvalue weighted by Gasteiger charge is 2.38. The van der Waals surface area contributed by atoms with Crippen molar-refractivity contribution in [3.05, 3.63) is 17.5 Å². The molecule has 106 valence electrons. The molecule has 0 aromatic carbocycles. The van der Waals surface area contributed by atoms with Gasteiger partial charge in [-0.25, -0.2) is 0 Å². The van der Waals surface area contributed by atoms with Crippen LogP contribution in [0.1, 0.15) is 37.6 Å². The zero-order chi connectivity index (χ0) is 14.2. The minimum atomic E-state index is -0.539. The van der Waals surface area contributed by atoms with E-state index in [2.05, 4.69) is 5.16 Å². The Balaban J connectivity index is 2.22. The van der Waals surface area contributed by atoms with Crippen LogP contribution < -0.4 is 5.73 Å². The molecule has 3 atom stereocenters. The first-order valence-electron chi connectivity index (χ1n) is 6.57. The molecule has 0 saturated carbocycles. The second kappa shape index (κ2) is 5.30. The number of amides is 1. The lowest BCUT2D eigenvalue weighted by molar-refractivity contribution is -0.135. The van der Waals surface area contributed by atoms with Gasteiger partial charge < -0.3 is 20.3 Å². The van der Waals surface area contributed by atoms with Crippen molar-refractivity contribution in [2.45, 2.75) is 45.4 Å². The maximum absolute atomic E-state index is 12.6. The fourth-order valence-corrected chi connectivity index (χ4v) is 2.54. The Morgan fingerprint density at radius 3 is 2.74 bits per heavy atom. The molecule has 2 heterocycles. The Hall–Kier alpha value is -1.40. The summed E-state index contributed by atoms with van der Waals surface area (Å²) >= 11 is 0. The number of aromatic nitrogens is 1. The van der Waals surface area contributed by atoms with E-state index >= 15 is 0 Å². The predicted octanol–water partition coefficient (Wildman–Crippen LogP) is 0.601. The van der Waals surface area contributed by atoms with E-state index in [1.54, 1.807) is 6.07 Å². The molecule has 1 saturated heterocycles. The fraction of sp³-hybridized carbons (Fsp3) is 0.692. The SMILES string of the molecule is Cc1cc([C@H](C(=O)N2C[C@H](O)C[C@H]2N)C(C)C)on1. The van der Waals surface area contributed by atoms with Crippen molar-refractivity contribution in [3.63, 3.8) is 0 Å². The van der Waals surface area contributed by atoms with E-state index < -0.39 is 18.2 Å². The van der Waals surface area contributed by atoms with Crippen LogP contribution in [0.3, 0.4) is 0 Å². The van der Waals surface area contributed by atoms with Crippen LogP contribution in [0.5, 0.6) is 0 Å². The van der Waals surface area contributed by atoms with Crippen LogP contribution in [-0.4, -0.2) is 39.9 Å². The first-order valence-corrected chi connectivity index (χ1v) is 6.57. The second-order valence-electron chi connectivity index (χ2n) is 5.54. The zero-order valence-corrected chi connectivity index (χ0v) is 11.5. The number of likely N-dealkylation sites (tertiary alicyclic amines) is 1. The highest BCUT2D eigenvalue weighted by molar-refractivity contribution is 5.84. The van der Waals surface area contributed by atoms with Gasteiger partial charge in [0.05, 0.1) is 18.0 Å². The fourth-order valence-electron chi connectivity index (χ4n) is 2.54. The van der Waals surface area contributed by atoms with Crippen LogP contribution >= 0.6 is 0 Å². The minimum Gasteiger partial charge on any atom is -0.391 e. The van der Waals surface area contributed by atoms with Gasteiger partial charge in [-0.1, -0.05) is 19.0 Å². The van der Waals surface area contributed by atoms with E-state index in [1.807, 2.05) is 20.8 Å². The summed E-state index contributed by atoms with van der Waals surface area (Å²) in [5, 5.41) is 13.4. The second-order valence-corrected chi connectivity index (χ2v) is 5.54. The highest BCUT2D eigenvalue weighted by Crippen LogP contribution is 2.29. The molecule has 6 heteroatoms. The summed E-state index contributed by atoms with van der Waals surface area (Å²) in [6.45, 7) is 6.02. The molecule has 6 nitrogen and oxygen atoms in total. The third kappa shape index (κ3) is 2.79. The van der Waals surface area contributed by atoms with Gasteiger partial charge in [0, 0.05) is 19.0 Å². The summed E-state index contributed by atoms with van der Waals surface area (Å²) < 4.78 is 5.23. The van der Waals surface area contributed by atoms with Gasteiger partial charge in [0.1, 0.15) is 11.7 Å². The molecule has 0 aliphatic carbocycles. The average Bonchev–Trinajstić information content (AvgIpc) is 2.85. The maximum atomic E-state index is 12.6. The molecule has 1 amide bonds. The lowest BCUT2D eigenvalue weighted by atomic mass is 9.91. The van der Waals surface area contributed by atoms with Crippen LogP contribution in [0.25, 0.3) is 0 Å². The van der Waals surface area contributed by atoms with Gasteiger partial charge in [0.15, 0.2) is 0 Å². The van der Waals surface area contributed by atoms with Gasteiger partial charge in [-0.05, 0) is 12.8 Å². The van der Waals surface area contributed by atoms with Crippen molar-refractivity contribution in [1.29, 1.82) is 0 Å². The first-order chi connectivity index (χ1) is 8.90. The number of aliphatic hydroxyl groups is 1. The van der Waals surface area contributed by atoms with Gasteiger partial charge in [0.2, 0.25) is 5.91 Å². The summed E-state index contributed by atoms with van der Waals surface area (Å²) in [7, 11) is 0. The van der Waals surface area contributed by atoms with E-state index in [0.717, 1.165) is 5.69 Å². The van der Waals surface area contributed by atoms with Crippen LogP contribution in [0.4, 0.5) is 0 Å². The highest BCUT2D eigenvalue weighted by atomic mass is 16.5. The molecule has 19 heavy (non-hydrogen) atoms. The number of aryl methyl sites for hydroxylation is 1. The van der Waals surface area contributed by atoms with Crippen LogP contribution in [0, 0.1) is 12.8 Å². The lowest BCUT2D eigenvalue weighted by Crippen LogP contribution is -2.44. The monoisotopic (exact) mass is 267 g/mol. The lowest BCUT2D eigenvalue weighted by Gasteiger charge is -2.27. The first kappa shape index (κ1) is 14.0. The summed E-state index contributed by atoms with van der Waals surface area (Å²) in [4.78, 5) is 14.1. The maximum Gasteiger partial charge on any atom is 0.235 e. The molecule has 1 aliphatic rings. The minimum absolute atomic E-state index is 0.0739. The Bertz CT molecular complexity index is 458. The number of nitrogens with zero attached hydrogens (tertiary/aromatic N) is 2. The van der Waals surface area contributed by atoms with E-state index in [-0.39, 0.29) is 18.4 Å². The van der Waals surface area contributed by atoms with Crippen molar-refractivity contribution in [3.8, 4) is 0 Å². The molecule has 1 aromatic heterocycles. The number of aliphatic hydroxyl groups excluding tert-OH is 1. The molecule has 1 aromatic rings. The predicted molar refractivity (Wildman–Crippen MR) is 69.1 cm³/mol. The Morgan fingerprint density at radius 2 is 2.32 bits per heavy atom. The van der Waals surface area contributed by atoms with Crippen molar-refractivity contribution in [1.82, 2.24) is 10.1 Å². The molecule has 1 fully saturated rings. The molecule has 0 radical (unpaired) electrons. The number of rotatable bonds is 3. The number of nitrogens with two attached hydrogens (primary N) is 1. The van der Waals surface area contributed by atoms with Crippen molar-refractivity contribution in [2.75, 3.05) is 6.54 Å². The summed E-state index contributed by atoms with van der Waals surface area (Å²) in [5.74, 6) is 0.128. The number of carbonyl (C=O) groups is 1. The molecule has 2 rings (SSSR count). The molecular weight excluding hydrogens is 246 g/mol. The van der Waals surface area contributed by atoms with Crippen LogP contribution in [0.2, 0.25) is 0 Å². The van der Waals surface area contributed by atoms with E-state index in [4.69, 9.17) is 10.3 Å². The van der Waals surface area contributed by atoms with Gasteiger partial charge in [-0.15, -0.1) is 0 Å². The topological polar surface area (TPSA) is 92.6 Å². The molecule has 1 aliphatic heterocycles. The Morgan fingerprint density at radius 1 is 1.63 bits per heavy atom. The van der Waals surface area contributed by atoms with Gasteiger partial charge in [-0.2, -0.15) is 0 Å². The summed E-state index contributed by atoms with van der Waals surface area (Å²) in [5.41, 5.74) is 6.64. The normalized spacial score (nSPS) is 25.1. The standard InChI is InChI=1S/C13H21N3O3/c1-7(2)12(10-4-8(3)15-19-10)13(18)16-6-9(17)5-11(16)14/h4,7,9,11-12,17H,5-6,14H2,1-3H3/t9-,11+,12-/m1/s1. The van der Waals surface area contributed by atoms with E-state index in [1.165, 1.54) is 4.90 Å². The van der Waals surface area contributed by atoms with Crippen molar-refractivity contribution < 1.29 is 14.4 Å². The molecule has 0 unspecified atom stereocenters. The third-order valence-corrected chi connectivity index (χ3v) is 3.49. The third-order valence-electron chi connectivity index (χ3n) is 3.49. The number of hydrogen-bond donors (Lipinski definition) is 2. The molecule has 3 N–H and O–H groups in total. The van der Waals surface area contributed by atoms with Crippen molar-refractivity contribution >= 4 is 5.91 Å². The van der Waals surface area contributed by atoms with E-state index in [0.29, 0.717) is 12.2 Å². The Labute approximate surface area is 112 Å². The zero-order valence-electron chi connectivity index (χ0n) is 11.5. The van der Waals surface area contributed by atoms with Gasteiger partial charge in [-0.3, -0.25) is 4.79 Å². The number of carbonyl (C=O) groups excluding carboxylic acids is 1. The Kier molecular flexibility index (Phi) is 3.91. The molecule has 0 bridgehead atoms. The van der Waals surface area contributed by atoms with Crippen LogP contribution in [0.15, 0.2) is 10.6 Å². The molecular formula is C13H21N3O3. The summed E-state index contributed by atoms with van der Waals surface area (Å²) in [6.07, 6.45) is -0.539.